The van der Waals surface area contributed by atoms with Gasteiger partial charge in [-0.1, -0.05) is 60.0 Å². The van der Waals surface area contributed by atoms with Gasteiger partial charge < -0.3 is 5.41 Å². The van der Waals surface area contributed by atoms with E-state index in [2.05, 4.69) is 27.4 Å². The number of allylic oxidation sites excluding steroid dienone is 1. The van der Waals surface area contributed by atoms with E-state index in [-0.39, 0.29) is 0 Å². The summed E-state index contributed by atoms with van der Waals surface area (Å²) >= 11 is 0. The fraction of sp³-hybridized carbons (Fsp3) is 0.812. The molecule has 0 atom stereocenters. The Balaban J connectivity index is -0.0000000705. The summed E-state index contributed by atoms with van der Waals surface area (Å²) in [5.41, 5.74) is 1.92. The lowest BCUT2D eigenvalue weighted by Gasteiger charge is -1.98. The highest BCUT2D eigenvalue weighted by molar-refractivity contribution is 5.77. The first kappa shape index (κ1) is 25.3. The van der Waals surface area contributed by atoms with Crippen LogP contribution in [0.4, 0.5) is 0 Å². The molecule has 0 unspecified atom stereocenters. The highest BCUT2D eigenvalue weighted by Gasteiger charge is 1.88. The van der Waals surface area contributed by atoms with Crippen molar-refractivity contribution in [3.63, 3.8) is 0 Å². The molecule has 0 aromatic rings. The summed E-state index contributed by atoms with van der Waals surface area (Å²) in [5.74, 6) is 0.935. The van der Waals surface area contributed by atoms with E-state index in [9.17, 15) is 0 Å². The molecule has 0 aromatic carbocycles. The van der Waals surface area contributed by atoms with Crippen LogP contribution in [-0.2, 0) is 0 Å². The van der Waals surface area contributed by atoms with Gasteiger partial charge in [-0.25, -0.2) is 0 Å². The predicted molar refractivity (Wildman–Crippen MR) is 85.3 cm³/mol. The molecule has 0 fully saturated rings. The van der Waals surface area contributed by atoms with E-state index in [4.69, 9.17) is 5.41 Å². The summed E-state index contributed by atoms with van der Waals surface area (Å²) < 4.78 is 0. The molecule has 0 aliphatic carbocycles. The summed E-state index contributed by atoms with van der Waals surface area (Å²) in [7, 11) is 0. The van der Waals surface area contributed by atoms with E-state index < -0.39 is 0 Å². The van der Waals surface area contributed by atoms with E-state index in [1.807, 2.05) is 34.6 Å². The van der Waals surface area contributed by atoms with Crippen molar-refractivity contribution in [3.8, 4) is 0 Å². The Labute approximate surface area is 111 Å². The first-order valence-electron chi connectivity index (χ1n) is 6.97. The zero-order valence-electron chi connectivity index (χ0n) is 13.9. The van der Waals surface area contributed by atoms with Gasteiger partial charge in [-0.2, -0.15) is 0 Å². The maximum absolute atomic E-state index is 6.74. The van der Waals surface area contributed by atoms with Crippen LogP contribution in [0.25, 0.3) is 0 Å². The van der Waals surface area contributed by atoms with Crippen molar-refractivity contribution in [1.82, 2.24) is 0 Å². The summed E-state index contributed by atoms with van der Waals surface area (Å²) in [5, 5.41) is 6.74. The molecule has 0 radical (unpaired) electrons. The van der Waals surface area contributed by atoms with E-state index in [0.29, 0.717) is 0 Å². The Morgan fingerprint density at radius 1 is 1.00 bits per heavy atom. The molecule has 1 N–H and O–H groups in total. The van der Waals surface area contributed by atoms with Crippen LogP contribution >= 0.6 is 0 Å². The quantitative estimate of drug-likeness (QED) is 0.433. The Morgan fingerprint density at radius 3 is 1.18 bits per heavy atom. The average Bonchev–Trinajstić information content (AvgIpc) is 2.30. The number of hydrogen-bond donors (Lipinski definition) is 1. The van der Waals surface area contributed by atoms with E-state index in [1.165, 1.54) is 18.4 Å². The molecule has 0 aromatic heterocycles. The smallest absolute Gasteiger partial charge is 0.00554 e. The monoisotopic (exact) mass is 243 g/mol. The predicted octanol–water partition coefficient (Wildman–Crippen LogP) is 6.49. The van der Waals surface area contributed by atoms with Gasteiger partial charge in [0.05, 0.1) is 0 Å². The van der Waals surface area contributed by atoms with Crippen LogP contribution in [0, 0.1) is 11.3 Å². The van der Waals surface area contributed by atoms with E-state index >= 15 is 0 Å². The molecule has 17 heavy (non-hydrogen) atoms. The molecular formula is C16H37N. The Bertz CT molecular complexity index is 140. The van der Waals surface area contributed by atoms with Crippen molar-refractivity contribution in [2.75, 3.05) is 0 Å². The second-order valence-electron chi connectivity index (χ2n) is 4.26. The lowest BCUT2D eigenvalue weighted by Crippen LogP contribution is -1.85. The van der Waals surface area contributed by atoms with Gasteiger partial charge in [0.25, 0.3) is 0 Å². The van der Waals surface area contributed by atoms with Crippen LogP contribution in [0.1, 0.15) is 81.6 Å². The minimum absolute atomic E-state index is 0.755. The maximum atomic E-state index is 6.74. The highest BCUT2D eigenvalue weighted by Crippen LogP contribution is 2.02. The zero-order chi connectivity index (χ0) is 14.9. The van der Waals surface area contributed by atoms with Gasteiger partial charge in [0.2, 0.25) is 0 Å². The molecule has 1 heteroatoms. The summed E-state index contributed by atoms with van der Waals surface area (Å²) in [6, 6.07) is 0. The molecule has 0 saturated carbocycles. The minimum atomic E-state index is 0.755. The van der Waals surface area contributed by atoms with Gasteiger partial charge in [0, 0.05) is 5.71 Å². The van der Waals surface area contributed by atoms with Crippen molar-refractivity contribution in [2.24, 2.45) is 5.92 Å². The third kappa shape index (κ3) is 94.7. The topological polar surface area (TPSA) is 23.9 Å². The number of nitrogens with one attached hydrogen (secondary N) is 1. The first-order valence-corrected chi connectivity index (χ1v) is 6.97. The molecule has 0 bridgehead atoms. The lowest BCUT2D eigenvalue weighted by molar-refractivity contribution is 0.544. The van der Waals surface area contributed by atoms with E-state index in [0.717, 1.165) is 18.1 Å². The van der Waals surface area contributed by atoms with Gasteiger partial charge in [0.1, 0.15) is 0 Å². The lowest BCUT2D eigenvalue weighted by atomic mass is 10.1. The highest BCUT2D eigenvalue weighted by atomic mass is 14.4. The molecular weight excluding hydrogens is 206 g/mol. The Kier molecular flexibility index (Phi) is 36.6. The van der Waals surface area contributed by atoms with E-state index in [1.54, 1.807) is 6.92 Å². The molecule has 0 rings (SSSR count). The van der Waals surface area contributed by atoms with Crippen LogP contribution in [0.3, 0.4) is 0 Å². The Hall–Kier alpha value is -0.590. The van der Waals surface area contributed by atoms with Crippen LogP contribution in [-0.4, -0.2) is 5.71 Å². The van der Waals surface area contributed by atoms with Gasteiger partial charge in [-0.3, -0.25) is 0 Å². The second kappa shape index (κ2) is 24.6. The summed E-state index contributed by atoms with van der Waals surface area (Å²) in [6.07, 6.45) is 3.55. The zero-order valence-corrected chi connectivity index (χ0v) is 13.9. The normalized spacial score (nSPS) is 7.65. The fourth-order valence-electron chi connectivity index (χ4n) is 0.289. The summed E-state index contributed by atoms with van der Waals surface area (Å²) in [4.78, 5) is 0. The molecule has 0 saturated heterocycles. The van der Waals surface area contributed by atoms with Crippen LogP contribution in [0.2, 0.25) is 0 Å². The molecule has 106 valence electrons. The van der Waals surface area contributed by atoms with Gasteiger partial charge in [-0.05, 0) is 33.1 Å². The molecule has 1 nitrogen and oxygen atoms in total. The molecule has 0 spiro atoms. The van der Waals surface area contributed by atoms with Gasteiger partial charge in [-0.15, -0.1) is 6.58 Å². The number of hydrogen-bond acceptors (Lipinski definition) is 1. The van der Waals surface area contributed by atoms with Crippen molar-refractivity contribution in [1.29, 1.82) is 5.41 Å². The number of rotatable bonds is 3. The van der Waals surface area contributed by atoms with Crippen LogP contribution < -0.4 is 0 Å². The third-order valence-electron chi connectivity index (χ3n) is 1.92. The van der Waals surface area contributed by atoms with Crippen LogP contribution in [0.15, 0.2) is 12.2 Å². The van der Waals surface area contributed by atoms with Crippen molar-refractivity contribution < 1.29 is 0 Å². The summed E-state index contributed by atoms with van der Waals surface area (Å²) in [6.45, 7) is 22.0. The van der Waals surface area contributed by atoms with Crippen molar-refractivity contribution in [2.45, 2.75) is 81.6 Å². The minimum Gasteiger partial charge on any atom is -0.310 e. The van der Waals surface area contributed by atoms with Gasteiger partial charge >= 0.3 is 0 Å². The third-order valence-corrected chi connectivity index (χ3v) is 1.92. The fourth-order valence-corrected chi connectivity index (χ4v) is 0.289. The van der Waals surface area contributed by atoms with Gasteiger partial charge in [0.15, 0.2) is 0 Å². The Morgan fingerprint density at radius 2 is 1.18 bits per heavy atom. The van der Waals surface area contributed by atoms with Crippen molar-refractivity contribution >= 4 is 5.71 Å². The molecule has 0 heterocycles. The standard InChI is InChI=1S/C6H14.C4H9N.C4H8.C2H6/c1-4-6(3)5-2;1-3-4(2)5;1-4(2)3;1-2/h6H,4-5H2,1-3H3;5H,3H2,1-2H3;1H2,2-3H3;1-2H3. The second-order valence-corrected chi connectivity index (χ2v) is 4.26. The SMILES string of the molecule is C=C(C)C.CC.CCC(C)=N.CCC(C)CC. The largest absolute Gasteiger partial charge is 0.310 e. The maximum Gasteiger partial charge on any atom is 0.00554 e. The van der Waals surface area contributed by atoms with Crippen molar-refractivity contribution in [3.05, 3.63) is 12.2 Å². The molecule has 0 aliphatic heterocycles. The molecule has 0 amide bonds. The molecule has 0 aliphatic rings. The first-order chi connectivity index (χ1) is 7.81. The van der Waals surface area contributed by atoms with Crippen LogP contribution in [0.5, 0.6) is 0 Å². The average molecular weight is 243 g/mol.